The number of nitrogens with zero attached hydrogens (tertiary/aromatic N) is 1. The van der Waals surface area contributed by atoms with Crippen LogP contribution in [0.1, 0.15) is 30.5 Å². The maximum absolute atomic E-state index is 14.3. The van der Waals surface area contributed by atoms with Crippen LogP contribution < -0.4 is 0 Å². The summed E-state index contributed by atoms with van der Waals surface area (Å²) >= 11 is 6.07. The molecule has 1 heterocycles. The van der Waals surface area contributed by atoms with Crippen LogP contribution in [0.5, 0.6) is 0 Å². The molecule has 0 saturated heterocycles. The van der Waals surface area contributed by atoms with Gasteiger partial charge in [-0.25, -0.2) is 4.39 Å². The minimum absolute atomic E-state index is 0.106. The molecule has 0 fully saturated rings. The van der Waals surface area contributed by atoms with Gasteiger partial charge in [-0.15, -0.1) is 0 Å². The molecule has 0 amide bonds. The van der Waals surface area contributed by atoms with Crippen LogP contribution in [0.4, 0.5) is 17.6 Å². The lowest BCUT2D eigenvalue weighted by molar-refractivity contribution is -0.0328. The molecule has 2 unspecified atom stereocenters. The maximum atomic E-state index is 14.3. The summed E-state index contributed by atoms with van der Waals surface area (Å²) in [6.45, 7) is 2.07. The highest BCUT2D eigenvalue weighted by Crippen LogP contribution is 2.39. The van der Waals surface area contributed by atoms with E-state index in [1.807, 2.05) is 24.3 Å². The number of hydrogen-bond acceptors (Lipinski definition) is 2. The Bertz CT molecular complexity index is 1090. The molecule has 0 aliphatic carbocycles. The first-order valence-corrected chi connectivity index (χ1v) is 10.9. The van der Waals surface area contributed by atoms with Crippen molar-refractivity contribution in [2.24, 2.45) is 10.9 Å². The molecule has 1 aliphatic rings. The van der Waals surface area contributed by atoms with Gasteiger partial charge >= 0.3 is 5.51 Å². The average Bonchev–Trinajstić information content (AvgIpc) is 3.08. The summed E-state index contributed by atoms with van der Waals surface area (Å²) in [4.78, 5) is 4.92. The van der Waals surface area contributed by atoms with E-state index in [2.05, 4.69) is 6.92 Å². The minimum atomic E-state index is -4.30. The third-order valence-corrected chi connectivity index (χ3v) is 6.33. The van der Waals surface area contributed by atoms with Gasteiger partial charge in [0, 0.05) is 16.2 Å². The van der Waals surface area contributed by atoms with Gasteiger partial charge in [0.2, 0.25) is 0 Å². The third-order valence-electron chi connectivity index (χ3n) is 5.27. The first-order chi connectivity index (χ1) is 14.7. The quantitative estimate of drug-likeness (QED) is 0.280. The smallest absolute Gasteiger partial charge is 0.281 e. The monoisotopic (exact) mass is 463 g/mol. The van der Waals surface area contributed by atoms with Gasteiger partial charge in [0.05, 0.1) is 11.1 Å². The second-order valence-corrected chi connectivity index (χ2v) is 9.04. The fraction of sp³-hybridized carbons (Fsp3) is 0.208. The van der Waals surface area contributed by atoms with Gasteiger partial charge < -0.3 is 0 Å². The zero-order chi connectivity index (χ0) is 22.2. The van der Waals surface area contributed by atoms with Crippen molar-refractivity contribution in [3.63, 3.8) is 0 Å². The summed E-state index contributed by atoms with van der Waals surface area (Å²) in [5.41, 5.74) is -0.524. The molecular formula is C24H18ClF4NS. The van der Waals surface area contributed by atoms with Crippen molar-refractivity contribution in [2.45, 2.75) is 29.8 Å². The van der Waals surface area contributed by atoms with Crippen LogP contribution in [-0.4, -0.2) is 11.2 Å². The molecule has 0 N–H and O–H groups in total. The Balaban J connectivity index is 1.55. The second kappa shape index (κ2) is 8.67. The number of halogens is 5. The molecule has 1 nitrogen and oxygen atoms in total. The average molecular weight is 464 g/mol. The van der Waals surface area contributed by atoms with Crippen molar-refractivity contribution in [3.8, 4) is 11.1 Å². The fourth-order valence-electron chi connectivity index (χ4n) is 3.83. The number of benzene rings is 3. The van der Waals surface area contributed by atoms with E-state index >= 15 is 0 Å². The van der Waals surface area contributed by atoms with Crippen LogP contribution in [0.15, 0.2) is 76.6 Å². The van der Waals surface area contributed by atoms with Crippen LogP contribution in [0.2, 0.25) is 5.02 Å². The predicted octanol–water partition coefficient (Wildman–Crippen LogP) is 8.33. The number of thioether (sulfide) groups is 1. The Morgan fingerprint density at radius 3 is 2.13 bits per heavy atom. The van der Waals surface area contributed by atoms with Gasteiger partial charge in [0.25, 0.3) is 0 Å². The molecule has 160 valence electrons. The molecule has 0 bridgehead atoms. The standard InChI is InChI=1S/C24H18ClF4NS/c1-14-13-21(22-19(25)3-2-4-20(22)26)30-23(14)17-7-5-15(6-8-17)16-9-11-18(12-10-16)31-24(27,28)29/h2-12,14,23H,13H2,1H3. The molecule has 3 aromatic carbocycles. The van der Waals surface area contributed by atoms with E-state index < -0.39 is 5.51 Å². The Morgan fingerprint density at radius 2 is 1.55 bits per heavy atom. The molecule has 0 spiro atoms. The maximum Gasteiger partial charge on any atom is 0.446 e. The zero-order valence-corrected chi connectivity index (χ0v) is 18.0. The van der Waals surface area contributed by atoms with Gasteiger partial charge in [0.15, 0.2) is 0 Å². The van der Waals surface area contributed by atoms with Gasteiger partial charge in [-0.05, 0) is 65.1 Å². The first-order valence-electron chi connectivity index (χ1n) is 9.68. The highest BCUT2D eigenvalue weighted by atomic mass is 35.5. The summed E-state index contributed by atoms with van der Waals surface area (Å²) in [5.74, 6) is -0.184. The highest BCUT2D eigenvalue weighted by molar-refractivity contribution is 8.00. The Hall–Kier alpha value is -2.31. The fourth-order valence-corrected chi connectivity index (χ4v) is 4.64. The van der Waals surface area contributed by atoms with E-state index in [9.17, 15) is 17.6 Å². The third kappa shape index (κ3) is 4.96. The summed E-state index contributed by atoms with van der Waals surface area (Å²) < 4.78 is 51.8. The van der Waals surface area contributed by atoms with Crippen molar-refractivity contribution in [1.29, 1.82) is 0 Å². The van der Waals surface area contributed by atoms with Crippen molar-refractivity contribution in [3.05, 3.63) is 88.7 Å². The van der Waals surface area contributed by atoms with Gasteiger partial charge in [-0.3, -0.25) is 4.99 Å². The second-order valence-electron chi connectivity index (χ2n) is 7.49. The van der Waals surface area contributed by atoms with E-state index in [1.54, 1.807) is 24.3 Å². The Labute approximate surface area is 187 Å². The summed E-state index contributed by atoms with van der Waals surface area (Å²) in [7, 11) is 0. The van der Waals surface area contributed by atoms with E-state index in [-0.39, 0.29) is 34.4 Å². The lowest BCUT2D eigenvalue weighted by Gasteiger charge is -2.14. The highest BCUT2D eigenvalue weighted by Gasteiger charge is 2.30. The van der Waals surface area contributed by atoms with Crippen molar-refractivity contribution >= 4 is 29.1 Å². The molecule has 3 aromatic rings. The van der Waals surface area contributed by atoms with Crippen LogP contribution >= 0.6 is 23.4 Å². The van der Waals surface area contributed by atoms with E-state index in [0.717, 1.165) is 16.7 Å². The van der Waals surface area contributed by atoms with E-state index in [1.165, 1.54) is 18.2 Å². The van der Waals surface area contributed by atoms with Gasteiger partial charge in [0.1, 0.15) is 5.82 Å². The van der Waals surface area contributed by atoms with Crippen molar-refractivity contribution < 1.29 is 17.6 Å². The Kier molecular flexibility index (Phi) is 6.13. The van der Waals surface area contributed by atoms with Crippen LogP contribution in [0, 0.1) is 11.7 Å². The number of alkyl halides is 3. The lowest BCUT2D eigenvalue weighted by atomic mass is 9.92. The molecule has 4 rings (SSSR count). The number of rotatable bonds is 4. The van der Waals surface area contributed by atoms with Crippen LogP contribution in [-0.2, 0) is 0 Å². The topological polar surface area (TPSA) is 12.4 Å². The first kappa shape index (κ1) is 21.9. The van der Waals surface area contributed by atoms with Crippen LogP contribution in [0.3, 0.4) is 0 Å². The lowest BCUT2D eigenvalue weighted by Crippen LogP contribution is -2.04. The SMILES string of the molecule is CC1CC(c2c(F)cccc2Cl)=NC1c1ccc(-c2ccc(SC(F)(F)F)cc2)cc1. The van der Waals surface area contributed by atoms with Gasteiger partial charge in [-0.2, -0.15) is 13.2 Å². The number of hydrogen-bond donors (Lipinski definition) is 0. The van der Waals surface area contributed by atoms with Crippen molar-refractivity contribution in [1.82, 2.24) is 0 Å². The summed E-state index contributed by atoms with van der Waals surface area (Å²) in [6.07, 6.45) is 0.630. The van der Waals surface area contributed by atoms with E-state index in [0.29, 0.717) is 22.7 Å². The van der Waals surface area contributed by atoms with Gasteiger partial charge in [-0.1, -0.05) is 61.0 Å². The summed E-state index contributed by atoms with van der Waals surface area (Å²) in [5, 5.41) is 0.356. The molecule has 0 saturated carbocycles. The predicted molar refractivity (Wildman–Crippen MR) is 118 cm³/mol. The summed E-state index contributed by atoms with van der Waals surface area (Å²) in [6, 6.07) is 18.6. The molecular weight excluding hydrogens is 446 g/mol. The molecule has 0 aromatic heterocycles. The largest absolute Gasteiger partial charge is 0.446 e. The molecule has 7 heteroatoms. The van der Waals surface area contributed by atoms with Crippen molar-refractivity contribution in [2.75, 3.05) is 0 Å². The molecule has 31 heavy (non-hydrogen) atoms. The van der Waals surface area contributed by atoms with Crippen LogP contribution in [0.25, 0.3) is 11.1 Å². The molecule has 1 aliphatic heterocycles. The molecule has 0 radical (unpaired) electrons. The normalized spacial score (nSPS) is 18.8. The number of aliphatic imine (C=N–C) groups is 1. The zero-order valence-electron chi connectivity index (χ0n) is 16.5. The molecule has 2 atom stereocenters. The van der Waals surface area contributed by atoms with E-state index in [4.69, 9.17) is 16.6 Å². The Morgan fingerprint density at radius 1 is 0.935 bits per heavy atom. The minimum Gasteiger partial charge on any atom is -0.281 e.